The number of hydrogen-bond donors (Lipinski definition) is 1. The van der Waals surface area contributed by atoms with E-state index in [-0.39, 0.29) is 5.41 Å². The third kappa shape index (κ3) is 37.2. The van der Waals surface area contributed by atoms with Crippen LogP contribution >= 0.6 is 7.28 Å². The van der Waals surface area contributed by atoms with Crippen molar-refractivity contribution in [2.75, 3.05) is 32.1 Å². The van der Waals surface area contributed by atoms with Crippen LogP contribution in [0.1, 0.15) is 361 Å². The van der Waals surface area contributed by atoms with E-state index in [0.29, 0.717) is 5.75 Å². The molecule has 0 saturated heterocycles. The summed E-state index contributed by atoms with van der Waals surface area (Å²) in [6, 6.07) is 4.30. The number of rotatable bonds is 56. The molecule has 0 unspecified atom stereocenters. The van der Waals surface area contributed by atoms with E-state index in [1.165, 1.54) is 268 Å². The fourth-order valence-electron chi connectivity index (χ4n) is 11.1. The first-order valence-electron chi connectivity index (χ1n) is 32.9. The normalized spacial score (nSPS) is 12.8. The van der Waals surface area contributed by atoms with Gasteiger partial charge < -0.3 is 0 Å². The molecule has 1 aromatic carbocycles. The van der Waals surface area contributed by atoms with Crippen molar-refractivity contribution in [3.8, 4) is 5.75 Å². The van der Waals surface area contributed by atoms with Crippen molar-refractivity contribution in [1.29, 1.82) is 0 Å². The molecular weight excluding hydrogens is 900 g/mol. The van der Waals surface area contributed by atoms with Gasteiger partial charge in [-0.05, 0) is 0 Å². The van der Waals surface area contributed by atoms with Gasteiger partial charge in [-0.15, -0.1) is 0 Å². The van der Waals surface area contributed by atoms with Crippen LogP contribution < -0.4 is 0 Å². The van der Waals surface area contributed by atoms with Gasteiger partial charge in [-0.1, -0.05) is 47.0 Å². The Labute approximate surface area is 453 Å². The van der Waals surface area contributed by atoms with E-state index in [2.05, 4.69) is 61.5 Å². The minimum atomic E-state index is -3.49. The molecule has 1 rings (SSSR count). The molecular formula is C67H131O4P. The molecule has 1 aromatic rings. The van der Waals surface area contributed by atoms with E-state index in [1.54, 1.807) is 0 Å². The zero-order valence-corrected chi connectivity index (χ0v) is 51.4. The molecule has 5 heteroatoms. The Hall–Kier alpha value is -0.670. The minimum Gasteiger partial charge on any atom is -0.0654 e. The monoisotopic (exact) mass is 1030 g/mol. The third-order valence-corrected chi connectivity index (χ3v) is 20.8. The van der Waals surface area contributed by atoms with Crippen LogP contribution in [0.2, 0.25) is 0 Å². The molecule has 0 aliphatic heterocycles. The standard InChI is InChI=1S/C67H131O4P/c1-9-13-17-21-25-29-33-37-41-45-50-56-69-72(59-53-48-44-40-36-32-28-24-20-16-12-4,70-57-51-46-42-38-34-30-26-22-18-14-10-2,71-58-52-47-43-39-35-31-27-23-19-15-11-3)60-54-49-55-64-62-65(67(6,7)8)66(68)61-63(64)5/h61-62,68H,9-60H2,1-8H3. The minimum absolute atomic E-state index is 0.0981. The van der Waals surface area contributed by atoms with Crippen molar-refractivity contribution in [2.45, 2.75) is 363 Å². The molecule has 0 bridgehead atoms. The van der Waals surface area contributed by atoms with Crippen molar-refractivity contribution in [3.05, 3.63) is 28.8 Å². The maximum atomic E-state index is 11.0. The zero-order chi connectivity index (χ0) is 52.6. The average molecular weight is 1030 g/mol. The number of aryl methyl sites for hydroxylation is 2. The van der Waals surface area contributed by atoms with E-state index in [1.807, 2.05) is 6.07 Å². The van der Waals surface area contributed by atoms with Crippen LogP contribution in [0.25, 0.3) is 0 Å². The summed E-state index contributed by atoms with van der Waals surface area (Å²) in [6.07, 6.45) is 64.1. The second-order valence-electron chi connectivity index (χ2n) is 24.3. The predicted octanol–water partition coefficient (Wildman–Crippen LogP) is 23.9. The summed E-state index contributed by atoms with van der Waals surface area (Å²) in [5.41, 5.74) is 3.53. The SMILES string of the molecule is CCCCCCCCCCCCCOP(CCCCCCCCCCCCC)(CCCCc1cc(C(C)(C)C)c(O)cc1C)(OCCCCCCCCCCCCC)OCCCCCCCCCCCCC. The molecule has 0 saturated carbocycles. The van der Waals surface area contributed by atoms with Gasteiger partial charge >= 0.3 is 408 Å². The van der Waals surface area contributed by atoms with Crippen LogP contribution in [0.5, 0.6) is 5.75 Å². The Kier molecular flexibility index (Phi) is 45.8. The van der Waals surface area contributed by atoms with Gasteiger partial charge in [-0.25, -0.2) is 0 Å². The Morgan fingerprint density at radius 1 is 0.347 bits per heavy atom. The van der Waals surface area contributed by atoms with Crippen LogP contribution in [-0.4, -0.2) is 37.3 Å². The van der Waals surface area contributed by atoms with Gasteiger partial charge in [-0.2, -0.15) is 0 Å². The van der Waals surface area contributed by atoms with Crippen LogP contribution in [0, 0.1) is 6.92 Å². The van der Waals surface area contributed by atoms with Gasteiger partial charge in [0, 0.05) is 0 Å². The Balaban J connectivity index is 3.31. The number of unbranched alkanes of at least 4 members (excludes halogenated alkanes) is 41. The van der Waals surface area contributed by atoms with Gasteiger partial charge in [0.1, 0.15) is 0 Å². The fraction of sp³-hybridized carbons (Fsp3) is 0.910. The molecule has 0 aliphatic carbocycles. The van der Waals surface area contributed by atoms with Gasteiger partial charge in [0.15, 0.2) is 0 Å². The van der Waals surface area contributed by atoms with Crippen molar-refractivity contribution in [1.82, 2.24) is 0 Å². The molecule has 1 N–H and O–H groups in total. The summed E-state index contributed by atoms with van der Waals surface area (Å²) in [7, 11) is -3.49. The second kappa shape index (κ2) is 47.5. The van der Waals surface area contributed by atoms with E-state index in [4.69, 9.17) is 13.6 Å². The summed E-state index contributed by atoms with van der Waals surface area (Å²) in [4.78, 5) is 0. The quantitative estimate of drug-likeness (QED) is 0.0522. The third-order valence-electron chi connectivity index (χ3n) is 16.1. The summed E-state index contributed by atoms with van der Waals surface area (Å²) < 4.78 is 22.8. The molecule has 4 nitrogen and oxygen atoms in total. The Morgan fingerprint density at radius 3 is 0.875 bits per heavy atom. The maximum absolute atomic E-state index is 11.0. The molecule has 0 radical (unpaired) electrons. The summed E-state index contributed by atoms with van der Waals surface area (Å²) >= 11 is 0. The van der Waals surface area contributed by atoms with E-state index >= 15 is 0 Å². The van der Waals surface area contributed by atoms with Crippen LogP contribution in [-0.2, 0) is 25.4 Å². The topological polar surface area (TPSA) is 47.9 Å². The summed E-state index contributed by atoms with van der Waals surface area (Å²) in [6.45, 7) is 20.4. The van der Waals surface area contributed by atoms with Gasteiger partial charge in [0.25, 0.3) is 0 Å². The Bertz CT molecular complexity index is 1230. The number of aromatic hydroxyl groups is 1. The van der Waals surface area contributed by atoms with Gasteiger partial charge in [0.2, 0.25) is 0 Å². The number of benzene rings is 1. The first-order valence-corrected chi connectivity index (χ1v) is 35.2. The fourth-order valence-corrected chi connectivity index (χ4v) is 15.6. The van der Waals surface area contributed by atoms with Crippen LogP contribution in [0.15, 0.2) is 12.1 Å². The first-order chi connectivity index (χ1) is 35.1. The van der Waals surface area contributed by atoms with Crippen molar-refractivity contribution < 1.29 is 18.7 Å². The molecule has 428 valence electrons. The van der Waals surface area contributed by atoms with Crippen LogP contribution in [0.4, 0.5) is 0 Å². The number of hydrogen-bond acceptors (Lipinski definition) is 4. The first kappa shape index (κ1) is 69.3. The van der Waals surface area contributed by atoms with Gasteiger partial charge in [-0.3, -0.25) is 0 Å². The molecule has 0 atom stereocenters. The molecule has 0 heterocycles. The molecule has 72 heavy (non-hydrogen) atoms. The molecule has 0 aliphatic rings. The molecule has 0 aromatic heterocycles. The number of phenols is 1. The summed E-state index contributed by atoms with van der Waals surface area (Å²) in [5, 5.41) is 11.0. The average Bonchev–Trinajstić information content (AvgIpc) is 3.36. The van der Waals surface area contributed by atoms with Gasteiger partial charge in [0.05, 0.1) is 0 Å². The van der Waals surface area contributed by atoms with E-state index in [9.17, 15) is 5.11 Å². The number of phenolic OH excluding ortho intramolecular Hbond substituents is 1. The smallest absolute Gasteiger partial charge is 0.0654 e. The van der Waals surface area contributed by atoms with E-state index in [0.717, 1.165) is 82.7 Å². The summed E-state index contributed by atoms with van der Waals surface area (Å²) in [5.74, 6) is 0.433. The Morgan fingerprint density at radius 2 is 0.597 bits per heavy atom. The van der Waals surface area contributed by atoms with Crippen molar-refractivity contribution in [3.63, 3.8) is 0 Å². The van der Waals surface area contributed by atoms with Crippen molar-refractivity contribution in [2.24, 2.45) is 0 Å². The molecule has 0 spiro atoms. The predicted molar refractivity (Wildman–Crippen MR) is 325 cm³/mol. The second-order valence-corrected chi connectivity index (χ2v) is 28.4. The van der Waals surface area contributed by atoms with Crippen molar-refractivity contribution >= 4 is 7.28 Å². The zero-order valence-electron chi connectivity index (χ0n) is 50.5. The molecule has 0 amide bonds. The van der Waals surface area contributed by atoms with E-state index < -0.39 is 7.28 Å². The molecule has 0 fully saturated rings. The van der Waals surface area contributed by atoms with Crippen LogP contribution in [0.3, 0.4) is 0 Å².